The number of hydrogen-bond acceptors (Lipinski definition) is 2. The molecule has 3 atom stereocenters. The third kappa shape index (κ3) is 2.70. The van der Waals surface area contributed by atoms with Gasteiger partial charge in [-0.3, -0.25) is 4.79 Å². The van der Waals surface area contributed by atoms with Crippen molar-refractivity contribution in [2.75, 3.05) is 0 Å². The molecular formula is C16H21ClN2O. The van der Waals surface area contributed by atoms with Gasteiger partial charge < -0.3 is 11.1 Å². The molecule has 0 heterocycles. The van der Waals surface area contributed by atoms with E-state index in [1.165, 1.54) is 11.1 Å². The lowest BCUT2D eigenvalue weighted by molar-refractivity contribution is -0.122. The van der Waals surface area contributed by atoms with Crippen LogP contribution in [-0.4, -0.2) is 11.9 Å². The predicted molar refractivity (Wildman–Crippen MR) is 80.6 cm³/mol. The van der Waals surface area contributed by atoms with Gasteiger partial charge in [0.05, 0.1) is 6.04 Å². The van der Waals surface area contributed by atoms with Crippen molar-refractivity contribution in [2.24, 2.45) is 11.7 Å². The molecule has 0 aromatic heterocycles. The molecule has 3 N–H and O–H groups in total. The van der Waals surface area contributed by atoms with Crippen LogP contribution in [0, 0.1) is 5.92 Å². The number of benzene rings is 1. The molecule has 0 saturated heterocycles. The minimum Gasteiger partial charge on any atom is -0.349 e. The Morgan fingerprint density at radius 3 is 2.95 bits per heavy atom. The quantitative estimate of drug-likeness (QED) is 0.900. The number of nitrogens with one attached hydrogen (secondary N) is 1. The number of fused-ring (bicyclic) bond motifs is 1. The third-order valence-corrected chi connectivity index (χ3v) is 5.07. The number of halogens is 1. The van der Waals surface area contributed by atoms with Gasteiger partial charge in [-0.2, -0.15) is 0 Å². The van der Waals surface area contributed by atoms with Crippen LogP contribution in [0.1, 0.15) is 49.3 Å². The lowest BCUT2D eigenvalue weighted by Gasteiger charge is -2.18. The molecule has 3 rings (SSSR count). The van der Waals surface area contributed by atoms with Gasteiger partial charge in [-0.1, -0.05) is 30.2 Å². The average molecular weight is 293 g/mol. The fourth-order valence-electron chi connectivity index (χ4n) is 3.57. The summed E-state index contributed by atoms with van der Waals surface area (Å²) in [6, 6.07) is 6.26. The first kappa shape index (κ1) is 13.9. The van der Waals surface area contributed by atoms with E-state index in [9.17, 15) is 4.79 Å². The van der Waals surface area contributed by atoms with Gasteiger partial charge in [0.1, 0.15) is 0 Å². The van der Waals surface area contributed by atoms with Crippen LogP contribution >= 0.6 is 11.6 Å². The first-order valence-electron chi connectivity index (χ1n) is 7.47. The molecule has 108 valence electrons. The molecule has 0 spiro atoms. The van der Waals surface area contributed by atoms with E-state index in [0.717, 1.165) is 37.1 Å². The molecule has 1 aromatic rings. The lowest BCUT2D eigenvalue weighted by Crippen LogP contribution is -2.33. The van der Waals surface area contributed by atoms with Gasteiger partial charge in [-0.25, -0.2) is 0 Å². The zero-order chi connectivity index (χ0) is 14.1. The number of amides is 1. The Balaban J connectivity index is 1.62. The molecule has 1 unspecified atom stereocenters. The summed E-state index contributed by atoms with van der Waals surface area (Å²) >= 11 is 6.20. The summed E-state index contributed by atoms with van der Waals surface area (Å²) in [5.74, 6) is 0.486. The monoisotopic (exact) mass is 292 g/mol. The Hall–Kier alpha value is -1.06. The smallest absolute Gasteiger partial charge is 0.220 e. The number of carbonyl (C=O) groups is 1. The Kier molecular flexibility index (Phi) is 3.99. The number of hydrogen-bond donors (Lipinski definition) is 2. The average Bonchev–Trinajstić information content (AvgIpc) is 2.99. The van der Waals surface area contributed by atoms with Gasteiger partial charge in [0, 0.05) is 17.5 Å². The van der Waals surface area contributed by atoms with E-state index in [2.05, 4.69) is 11.4 Å². The van der Waals surface area contributed by atoms with Gasteiger partial charge in [-0.05, 0) is 48.8 Å². The highest BCUT2D eigenvalue weighted by Gasteiger charge is 2.29. The second-order valence-corrected chi connectivity index (χ2v) is 6.43. The topological polar surface area (TPSA) is 55.1 Å². The summed E-state index contributed by atoms with van der Waals surface area (Å²) in [6.45, 7) is 0. The van der Waals surface area contributed by atoms with Crippen LogP contribution in [0.25, 0.3) is 0 Å². The second-order valence-electron chi connectivity index (χ2n) is 6.03. The molecule has 1 amide bonds. The molecular weight excluding hydrogens is 272 g/mol. The number of rotatable bonds is 3. The van der Waals surface area contributed by atoms with E-state index in [-0.39, 0.29) is 18.0 Å². The van der Waals surface area contributed by atoms with Crippen LogP contribution in [0.4, 0.5) is 0 Å². The maximum Gasteiger partial charge on any atom is 0.220 e. The fourth-order valence-corrected chi connectivity index (χ4v) is 3.85. The van der Waals surface area contributed by atoms with Crippen LogP contribution < -0.4 is 11.1 Å². The van der Waals surface area contributed by atoms with E-state index in [1.807, 2.05) is 12.1 Å². The van der Waals surface area contributed by atoms with Gasteiger partial charge in [0.25, 0.3) is 0 Å². The predicted octanol–water partition coefficient (Wildman–Crippen LogP) is 2.96. The Bertz CT molecular complexity index is 517. The zero-order valence-electron chi connectivity index (χ0n) is 11.6. The Morgan fingerprint density at radius 2 is 2.20 bits per heavy atom. The molecule has 1 fully saturated rings. The standard InChI is InChI=1S/C16H21ClN2O/c17-13-5-2-4-12-11(13)7-8-15(12)19-16(20)9-10-3-1-6-14(10)18/h2,4-5,10,14-15H,1,3,6-9,18H2,(H,19,20)/t10-,14+,15?/m0/s1. The van der Waals surface area contributed by atoms with E-state index in [0.29, 0.717) is 12.3 Å². The minimum atomic E-state index is 0.119. The first-order valence-corrected chi connectivity index (χ1v) is 7.85. The van der Waals surface area contributed by atoms with Gasteiger partial charge in [-0.15, -0.1) is 0 Å². The Labute approximate surface area is 124 Å². The maximum atomic E-state index is 12.2. The number of nitrogens with two attached hydrogens (primary N) is 1. The molecule has 0 aliphatic heterocycles. The highest BCUT2D eigenvalue weighted by molar-refractivity contribution is 6.31. The fraction of sp³-hybridized carbons (Fsp3) is 0.562. The van der Waals surface area contributed by atoms with Crippen molar-refractivity contribution in [1.29, 1.82) is 0 Å². The zero-order valence-corrected chi connectivity index (χ0v) is 12.3. The summed E-state index contributed by atoms with van der Waals surface area (Å²) in [5.41, 5.74) is 8.41. The molecule has 1 saturated carbocycles. The number of carbonyl (C=O) groups excluding carboxylic acids is 1. The van der Waals surface area contributed by atoms with Crippen LogP contribution in [0.3, 0.4) is 0 Å². The summed E-state index contributed by atoms with van der Waals surface area (Å²) in [4.78, 5) is 12.2. The second kappa shape index (κ2) is 5.74. The van der Waals surface area contributed by atoms with Crippen molar-refractivity contribution in [2.45, 2.75) is 50.6 Å². The van der Waals surface area contributed by atoms with Crippen LogP contribution in [0.15, 0.2) is 18.2 Å². The van der Waals surface area contributed by atoms with Crippen molar-refractivity contribution in [1.82, 2.24) is 5.32 Å². The minimum absolute atomic E-state index is 0.119. The van der Waals surface area contributed by atoms with E-state index < -0.39 is 0 Å². The highest BCUT2D eigenvalue weighted by Crippen LogP contribution is 2.35. The summed E-state index contributed by atoms with van der Waals surface area (Å²) < 4.78 is 0. The first-order chi connectivity index (χ1) is 9.65. The molecule has 2 aliphatic carbocycles. The molecule has 0 radical (unpaired) electrons. The van der Waals surface area contributed by atoms with Gasteiger partial charge in [0.2, 0.25) is 5.91 Å². The molecule has 20 heavy (non-hydrogen) atoms. The Morgan fingerprint density at radius 1 is 1.35 bits per heavy atom. The largest absolute Gasteiger partial charge is 0.349 e. The SMILES string of the molecule is N[C@@H]1CCC[C@H]1CC(=O)NC1CCc2c(Cl)cccc21. The molecule has 3 nitrogen and oxygen atoms in total. The summed E-state index contributed by atoms with van der Waals surface area (Å²) in [5, 5.41) is 3.97. The van der Waals surface area contributed by atoms with E-state index >= 15 is 0 Å². The maximum absolute atomic E-state index is 12.2. The summed E-state index contributed by atoms with van der Waals surface area (Å²) in [7, 11) is 0. The van der Waals surface area contributed by atoms with Gasteiger partial charge in [0.15, 0.2) is 0 Å². The van der Waals surface area contributed by atoms with Crippen LogP contribution in [0.5, 0.6) is 0 Å². The van der Waals surface area contributed by atoms with Crippen molar-refractivity contribution in [3.8, 4) is 0 Å². The summed E-state index contributed by atoms with van der Waals surface area (Å²) in [6.07, 6.45) is 5.75. The van der Waals surface area contributed by atoms with Crippen molar-refractivity contribution in [3.63, 3.8) is 0 Å². The van der Waals surface area contributed by atoms with E-state index in [4.69, 9.17) is 17.3 Å². The highest BCUT2D eigenvalue weighted by atomic mass is 35.5. The normalized spacial score (nSPS) is 28.4. The van der Waals surface area contributed by atoms with E-state index in [1.54, 1.807) is 0 Å². The van der Waals surface area contributed by atoms with Crippen LogP contribution in [-0.2, 0) is 11.2 Å². The molecule has 2 aliphatic rings. The van der Waals surface area contributed by atoms with Gasteiger partial charge >= 0.3 is 0 Å². The lowest BCUT2D eigenvalue weighted by atomic mass is 9.99. The van der Waals surface area contributed by atoms with Crippen molar-refractivity contribution >= 4 is 17.5 Å². The molecule has 1 aromatic carbocycles. The third-order valence-electron chi connectivity index (χ3n) is 4.71. The molecule has 0 bridgehead atoms. The van der Waals surface area contributed by atoms with Crippen LogP contribution in [0.2, 0.25) is 5.02 Å². The van der Waals surface area contributed by atoms with Crippen molar-refractivity contribution in [3.05, 3.63) is 34.3 Å². The van der Waals surface area contributed by atoms with Crippen molar-refractivity contribution < 1.29 is 4.79 Å². The molecule has 4 heteroatoms.